The number of nitrogens with zero attached hydrogens (tertiary/aromatic N) is 3. The minimum absolute atomic E-state index is 0.496. The standard InChI is InChI=1S/C21H17N3O2.NO3/c1-2-11-23-21(5-1)25-15-17-8-6-16(7-9-17)12-19-13-20(26-24-19)18-4-3-10-22-14-18;2-1(3)4/h1-11,13-14H,12,15H2;/q;-1/p+1. The lowest BCUT2D eigenvalue weighted by atomic mass is 10.1. The normalized spacial score (nSPS) is 10.0. The third kappa shape index (κ3) is 6.41. The van der Waals surface area contributed by atoms with Gasteiger partial charge in [0.15, 0.2) is 18.2 Å². The zero-order valence-corrected chi connectivity index (χ0v) is 15.8. The maximum absolute atomic E-state index is 8.25. The van der Waals surface area contributed by atoms with Crippen LogP contribution in [0, 0.1) is 15.3 Å². The number of H-pyrrole nitrogens is 1. The largest absolute Gasteiger partial charge is 0.473 e. The van der Waals surface area contributed by atoms with Crippen LogP contribution in [0.3, 0.4) is 0 Å². The molecule has 0 spiro atoms. The summed E-state index contributed by atoms with van der Waals surface area (Å²) in [5, 5.41) is 18.9. The van der Waals surface area contributed by atoms with Crippen molar-refractivity contribution in [3.05, 3.63) is 111 Å². The van der Waals surface area contributed by atoms with Gasteiger partial charge in [-0.2, -0.15) is 0 Å². The molecule has 9 heteroatoms. The minimum atomic E-state index is -1.75. The van der Waals surface area contributed by atoms with Gasteiger partial charge in [0.1, 0.15) is 6.61 Å². The van der Waals surface area contributed by atoms with Gasteiger partial charge in [0, 0.05) is 30.8 Å². The molecule has 3 aromatic heterocycles. The summed E-state index contributed by atoms with van der Waals surface area (Å²) < 4.78 is 11.1. The highest BCUT2D eigenvalue weighted by molar-refractivity contribution is 5.54. The molecule has 0 aliphatic rings. The number of nitrogens with one attached hydrogen (secondary N) is 1. The lowest BCUT2D eigenvalue weighted by Gasteiger charge is -2.05. The van der Waals surface area contributed by atoms with Crippen LogP contribution in [-0.4, -0.2) is 15.2 Å². The van der Waals surface area contributed by atoms with Gasteiger partial charge in [0.2, 0.25) is 5.88 Å². The molecule has 9 nitrogen and oxygen atoms in total. The van der Waals surface area contributed by atoms with E-state index in [9.17, 15) is 0 Å². The Kier molecular flexibility index (Phi) is 7.04. The predicted molar refractivity (Wildman–Crippen MR) is 107 cm³/mol. The van der Waals surface area contributed by atoms with Gasteiger partial charge in [-0.25, -0.2) is 9.97 Å². The molecule has 0 saturated carbocycles. The van der Waals surface area contributed by atoms with Crippen LogP contribution < -0.4 is 9.72 Å². The molecule has 1 aromatic carbocycles. The second-order valence-corrected chi connectivity index (χ2v) is 6.15. The van der Waals surface area contributed by atoms with Gasteiger partial charge in [-0.05, 0) is 23.3 Å². The van der Waals surface area contributed by atoms with E-state index in [1.807, 2.05) is 48.8 Å². The van der Waals surface area contributed by atoms with Crippen molar-refractivity contribution in [2.45, 2.75) is 13.0 Å². The van der Waals surface area contributed by atoms with E-state index in [4.69, 9.17) is 24.6 Å². The van der Waals surface area contributed by atoms with Gasteiger partial charge in [-0.15, -0.1) is 0 Å². The summed E-state index contributed by atoms with van der Waals surface area (Å²) in [6.07, 6.45) is 6.19. The van der Waals surface area contributed by atoms with Crippen LogP contribution >= 0.6 is 0 Å². The number of benzene rings is 1. The molecule has 0 saturated heterocycles. The van der Waals surface area contributed by atoms with Crippen molar-refractivity contribution in [2.75, 3.05) is 0 Å². The first-order valence-corrected chi connectivity index (χ1v) is 8.95. The highest BCUT2D eigenvalue weighted by atomic mass is 16.9. The van der Waals surface area contributed by atoms with E-state index in [0.717, 1.165) is 29.0 Å². The molecule has 0 radical (unpaired) electrons. The van der Waals surface area contributed by atoms with E-state index in [2.05, 4.69) is 39.4 Å². The highest BCUT2D eigenvalue weighted by Crippen LogP contribution is 2.20. The molecule has 3 heterocycles. The molecular formula is C21H18N4O5. The molecule has 4 rings (SSSR count). The van der Waals surface area contributed by atoms with Gasteiger partial charge < -0.3 is 24.6 Å². The Morgan fingerprint density at radius 2 is 1.80 bits per heavy atom. The van der Waals surface area contributed by atoms with Crippen LogP contribution in [0.1, 0.15) is 16.8 Å². The molecule has 0 bridgehead atoms. The fourth-order valence-corrected chi connectivity index (χ4v) is 2.63. The van der Waals surface area contributed by atoms with E-state index in [0.29, 0.717) is 12.5 Å². The molecule has 0 aliphatic heterocycles. The number of rotatable bonds is 6. The first kappa shape index (κ1) is 20.5. The van der Waals surface area contributed by atoms with Crippen LogP contribution in [0.15, 0.2) is 83.8 Å². The number of aromatic nitrogens is 3. The highest BCUT2D eigenvalue weighted by Gasteiger charge is 2.09. The number of hydrogen-bond donors (Lipinski definition) is 0. The Balaban J connectivity index is 0.000000589. The Morgan fingerprint density at radius 3 is 2.47 bits per heavy atom. The van der Waals surface area contributed by atoms with E-state index in [1.165, 1.54) is 5.56 Å². The smallest absolute Gasteiger partial charge is 0.213 e. The number of ether oxygens (including phenoxy) is 1. The van der Waals surface area contributed by atoms with Crippen molar-refractivity contribution < 1.29 is 19.3 Å². The Labute approximate surface area is 171 Å². The van der Waals surface area contributed by atoms with Gasteiger partial charge in [0.25, 0.3) is 0 Å². The van der Waals surface area contributed by atoms with Crippen LogP contribution in [0.5, 0.6) is 5.88 Å². The van der Waals surface area contributed by atoms with Gasteiger partial charge in [0.05, 0.1) is 16.3 Å². The molecule has 0 amide bonds. The lowest BCUT2D eigenvalue weighted by molar-refractivity contribution is -0.402. The van der Waals surface area contributed by atoms with Crippen molar-refractivity contribution >= 4 is 0 Å². The maximum Gasteiger partial charge on any atom is 0.213 e. The Bertz CT molecular complexity index is 1050. The Morgan fingerprint density at radius 1 is 1.03 bits per heavy atom. The summed E-state index contributed by atoms with van der Waals surface area (Å²) in [5.74, 6) is 1.39. The summed E-state index contributed by atoms with van der Waals surface area (Å²) in [6.45, 7) is 0.496. The molecule has 0 unspecified atom stereocenters. The van der Waals surface area contributed by atoms with Crippen LogP contribution in [0.4, 0.5) is 0 Å². The summed E-state index contributed by atoms with van der Waals surface area (Å²) in [7, 11) is 0. The SMILES string of the molecule is O=[N+]([O-])[O-].c1ccc(OCc2ccc(Cc3cc(-c4ccc[nH+]c4)on3)cc2)nc1. The summed E-state index contributed by atoms with van der Waals surface area (Å²) in [4.78, 5) is 15.4. The average Bonchev–Trinajstić information content (AvgIpc) is 3.23. The van der Waals surface area contributed by atoms with E-state index < -0.39 is 5.09 Å². The lowest BCUT2D eigenvalue weighted by Crippen LogP contribution is -1.97. The second kappa shape index (κ2) is 10.3. The molecule has 1 N–H and O–H groups in total. The van der Waals surface area contributed by atoms with Crippen LogP contribution in [0.25, 0.3) is 11.3 Å². The van der Waals surface area contributed by atoms with Crippen molar-refractivity contribution in [3.8, 4) is 17.2 Å². The molecular weight excluding hydrogens is 388 g/mol. The molecule has 4 aromatic rings. The van der Waals surface area contributed by atoms with Crippen molar-refractivity contribution in [1.82, 2.24) is 10.1 Å². The Hall–Kier alpha value is -4.27. The second-order valence-electron chi connectivity index (χ2n) is 6.15. The first-order valence-electron chi connectivity index (χ1n) is 8.95. The van der Waals surface area contributed by atoms with Crippen molar-refractivity contribution in [1.29, 1.82) is 0 Å². The number of hydrogen-bond acceptors (Lipinski definition) is 7. The summed E-state index contributed by atoms with van der Waals surface area (Å²) in [6, 6.07) is 19.8. The predicted octanol–water partition coefficient (Wildman–Crippen LogP) is 3.48. The minimum Gasteiger partial charge on any atom is -0.473 e. The fourth-order valence-electron chi connectivity index (χ4n) is 2.63. The molecule has 0 aliphatic carbocycles. The van der Waals surface area contributed by atoms with E-state index in [1.54, 1.807) is 6.20 Å². The van der Waals surface area contributed by atoms with Crippen molar-refractivity contribution in [3.63, 3.8) is 0 Å². The van der Waals surface area contributed by atoms with Gasteiger partial charge in [-0.1, -0.05) is 35.5 Å². The van der Waals surface area contributed by atoms with Crippen LogP contribution in [0.2, 0.25) is 0 Å². The molecule has 152 valence electrons. The zero-order chi connectivity index (χ0) is 21.2. The third-order valence-electron chi connectivity index (χ3n) is 3.98. The first-order chi connectivity index (χ1) is 14.6. The van der Waals surface area contributed by atoms with Gasteiger partial charge >= 0.3 is 0 Å². The average molecular weight is 406 g/mol. The monoisotopic (exact) mass is 406 g/mol. The van der Waals surface area contributed by atoms with Crippen LogP contribution in [-0.2, 0) is 13.0 Å². The fraction of sp³-hybridized carbons (Fsp3) is 0.0952. The number of aromatic amines is 1. The maximum atomic E-state index is 8.25. The molecule has 0 atom stereocenters. The number of pyridine rings is 2. The third-order valence-corrected chi connectivity index (χ3v) is 3.98. The molecule has 30 heavy (non-hydrogen) atoms. The molecule has 0 fully saturated rings. The summed E-state index contributed by atoms with van der Waals surface area (Å²) in [5.41, 5.74) is 4.15. The van der Waals surface area contributed by atoms with E-state index in [-0.39, 0.29) is 0 Å². The topological polar surface area (TPSA) is 128 Å². The van der Waals surface area contributed by atoms with Crippen molar-refractivity contribution in [2.24, 2.45) is 0 Å². The quantitative estimate of drug-likeness (QED) is 0.354. The van der Waals surface area contributed by atoms with E-state index >= 15 is 0 Å². The zero-order valence-electron chi connectivity index (χ0n) is 15.8. The van der Waals surface area contributed by atoms with Gasteiger partial charge in [-0.3, -0.25) is 0 Å². The summed E-state index contributed by atoms with van der Waals surface area (Å²) >= 11 is 0.